The first-order chi connectivity index (χ1) is 6.88. The second-order valence-electron chi connectivity index (χ2n) is 5.22. The van der Waals surface area contributed by atoms with Crippen molar-refractivity contribution in [2.75, 3.05) is 6.54 Å². The second-order valence-corrected chi connectivity index (χ2v) is 5.22. The van der Waals surface area contributed by atoms with Crippen LogP contribution in [0.1, 0.15) is 54.4 Å². The fourth-order valence-electron chi connectivity index (χ4n) is 2.18. The lowest BCUT2D eigenvalue weighted by molar-refractivity contribution is -0.131. The first-order valence-corrected chi connectivity index (χ1v) is 6.15. The highest BCUT2D eigenvalue weighted by Crippen LogP contribution is 2.19. The summed E-state index contributed by atoms with van der Waals surface area (Å²) in [5, 5.41) is 0. The molecular formula is C13H27NO. The van der Waals surface area contributed by atoms with Crippen LogP contribution >= 0.6 is 0 Å². The number of amides is 1. The Kier molecular flexibility index (Phi) is 6.62. The summed E-state index contributed by atoms with van der Waals surface area (Å²) in [4.78, 5) is 13.5. The predicted octanol–water partition coefficient (Wildman–Crippen LogP) is 3.32. The van der Waals surface area contributed by atoms with Crippen LogP contribution in [-0.2, 0) is 4.79 Å². The van der Waals surface area contributed by atoms with Gasteiger partial charge in [0.05, 0.1) is 0 Å². The molecule has 15 heavy (non-hydrogen) atoms. The molecule has 0 bridgehead atoms. The van der Waals surface area contributed by atoms with E-state index in [9.17, 15) is 4.79 Å². The van der Waals surface area contributed by atoms with E-state index in [0.717, 1.165) is 19.4 Å². The zero-order chi connectivity index (χ0) is 12.0. The Morgan fingerprint density at radius 3 is 1.67 bits per heavy atom. The van der Waals surface area contributed by atoms with Gasteiger partial charge in [-0.1, -0.05) is 27.7 Å². The summed E-state index contributed by atoms with van der Waals surface area (Å²) in [6.07, 6.45) is 2.23. The third-order valence-electron chi connectivity index (χ3n) is 2.67. The van der Waals surface area contributed by atoms with E-state index < -0.39 is 0 Å². The van der Waals surface area contributed by atoms with E-state index in [0.29, 0.717) is 17.9 Å². The highest BCUT2D eigenvalue weighted by Gasteiger charge is 2.21. The van der Waals surface area contributed by atoms with Crippen LogP contribution in [0.5, 0.6) is 0 Å². The van der Waals surface area contributed by atoms with E-state index in [-0.39, 0.29) is 5.91 Å². The fraction of sp³-hybridized carbons (Fsp3) is 0.923. The van der Waals surface area contributed by atoms with E-state index in [1.807, 2.05) is 4.90 Å². The SMILES string of the molecule is CCN(C(C)=O)C(CC(C)C)CC(C)C. The van der Waals surface area contributed by atoms with Crippen molar-refractivity contribution in [3.8, 4) is 0 Å². The van der Waals surface area contributed by atoms with Crippen molar-refractivity contribution in [1.29, 1.82) is 0 Å². The van der Waals surface area contributed by atoms with Gasteiger partial charge in [0.15, 0.2) is 0 Å². The Labute approximate surface area is 95.0 Å². The van der Waals surface area contributed by atoms with Crippen molar-refractivity contribution in [3.63, 3.8) is 0 Å². The highest BCUT2D eigenvalue weighted by atomic mass is 16.2. The van der Waals surface area contributed by atoms with E-state index in [4.69, 9.17) is 0 Å². The molecule has 0 heterocycles. The molecule has 0 radical (unpaired) electrons. The van der Waals surface area contributed by atoms with Gasteiger partial charge in [0.25, 0.3) is 0 Å². The third-order valence-corrected chi connectivity index (χ3v) is 2.67. The minimum absolute atomic E-state index is 0.212. The van der Waals surface area contributed by atoms with Gasteiger partial charge in [0.2, 0.25) is 5.91 Å². The molecular weight excluding hydrogens is 186 g/mol. The molecule has 0 saturated heterocycles. The van der Waals surface area contributed by atoms with Gasteiger partial charge in [0, 0.05) is 19.5 Å². The molecule has 0 aromatic rings. The van der Waals surface area contributed by atoms with Gasteiger partial charge in [-0.05, 0) is 31.6 Å². The molecule has 0 fully saturated rings. The molecule has 0 aliphatic heterocycles. The molecule has 90 valence electrons. The molecule has 2 heteroatoms. The lowest BCUT2D eigenvalue weighted by Gasteiger charge is -2.32. The van der Waals surface area contributed by atoms with Crippen molar-refractivity contribution in [3.05, 3.63) is 0 Å². The molecule has 1 amide bonds. The quantitative estimate of drug-likeness (QED) is 0.663. The summed E-state index contributed by atoms with van der Waals surface area (Å²) in [5.41, 5.74) is 0. The van der Waals surface area contributed by atoms with Crippen LogP contribution in [0.2, 0.25) is 0 Å². The number of nitrogens with zero attached hydrogens (tertiary/aromatic N) is 1. The average molecular weight is 213 g/mol. The maximum absolute atomic E-state index is 11.5. The first kappa shape index (κ1) is 14.5. The van der Waals surface area contributed by atoms with Gasteiger partial charge in [0.1, 0.15) is 0 Å². The van der Waals surface area contributed by atoms with Crippen LogP contribution in [0.15, 0.2) is 0 Å². The van der Waals surface area contributed by atoms with E-state index in [1.165, 1.54) is 0 Å². The maximum atomic E-state index is 11.5. The molecule has 0 aromatic heterocycles. The first-order valence-electron chi connectivity index (χ1n) is 6.15. The lowest BCUT2D eigenvalue weighted by atomic mass is 9.94. The van der Waals surface area contributed by atoms with Crippen LogP contribution in [0, 0.1) is 11.8 Å². The van der Waals surface area contributed by atoms with Gasteiger partial charge >= 0.3 is 0 Å². The molecule has 0 atom stereocenters. The van der Waals surface area contributed by atoms with Crippen LogP contribution in [0.3, 0.4) is 0 Å². The molecule has 0 aliphatic rings. The smallest absolute Gasteiger partial charge is 0.219 e. The van der Waals surface area contributed by atoms with Gasteiger partial charge in [-0.2, -0.15) is 0 Å². The zero-order valence-corrected chi connectivity index (χ0v) is 11.2. The van der Waals surface area contributed by atoms with E-state index in [1.54, 1.807) is 6.92 Å². The number of carbonyl (C=O) groups is 1. The van der Waals surface area contributed by atoms with Crippen LogP contribution < -0.4 is 0 Å². The second kappa shape index (κ2) is 6.86. The number of carbonyl (C=O) groups excluding carboxylic acids is 1. The molecule has 0 N–H and O–H groups in total. The molecule has 0 unspecified atom stereocenters. The van der Waals surface area contributed by atoms with Crippen LogP contribution in [0.25, 0.3) is 0 Å². The molecule has 2 nitrogen and oxygen atoms in total. The van der Waals surface area contributed by atoms with E-state index >= 15 is 0 Å². The minimum Gasteiger partial charge on any atom is -0.340 e. The van der Waals surface area contributed by atoms with Crippen LogP contribution in [0.4, 0.5) is 0 Å². The minimum atomic E-state index is 0.212. The lowest BCUT2D eigenvalue weighted by Crippen LogP contribution is -2.40. The molecule has 0 aliphatic carbocycles. The Bertz CT molecular complexity index is 177. The largest absolute Gasteiger partial charge is 0.340 e. The van der Waals surface area contributed by atoms with Crippen molar-refractivity contribution in [2.45, 2.75) is 60.4 Å². The summed E-state index contributed by atoms with van der Waals surface area (Å²) in [6, 6.07) is 0.424. The predicted molar refractivity (Wildman–Crippen MR) is 65.8 cm³/mol. The van der Waals surface area contributed by atoms with Crippen molar-refractivity contribution >= 4 is 5.91 Å². The zero-order valence-electron chi connectivity index (χ0n) is 11.2. The number of hydrogen-bond donors (Lipinski definition) is 0. The summed E-state index contributed by atoms with van der Waals surface area (Å²) in [7, 11) is 0. The van der Waals surface area contributed by atoms with Gasteiger partial charge < -0.3 is 4.90 Å². The molecule has 0 spiro atoms. The normalized spacial score (nSPS) is 11.5. The monoisotopic (exact) mass is 213 g/mol. The highest BCUT2D eigenvalue weighted by molar-refractivity contribution is 5.73. The number of hydrogen-bond acceptors (Lipinski definition) is 1. The summed E-state index contributed by atoms with van der Waals surface area (Å²) in [5.74, 6) is 1.52. The summed E-state index contributed by atoms with van der Waals surface area (Å²) >= 11 is 0. The van der Waals surface area contributed by atoms with Gasteiger partial charge in [-0.3, -0.25) is 4.79 Å². The molecule has 0 aromatic carbocycles. The molecule has 0 saturated carbocycles. The third kappa shape index (κ3) is 5.81. The van der Waals surface area contributed by atoms with Crippen molar-refractivity contribution in [2.24, 2.45) is 11.8 Å². The van der Waals surface area contributed by atoms with Gasteiger partial charge in [-0.15, -0.1) is 0 Å². The Balaban J connectivity index is 4.50. The molecule has 0 rings (SSSR count). The van der Waals surface area contributed by atoms with Crippen LogP contribution in [-0.4, -0.2) is 23.4 Å². The summed E-state index contributed by atoms with van der Waals surface area (Å²) in [6.45, 7) is 13.5. The Hall–Kier alpha value is -0.530. The van der Waals surface area contributed by atoms with Gasteiger partial charge in [-0.25, -0.2) is 0 Å². The average Bonchev–Trinajstić information content (AvgIpc) is 2.01. The maximum Gasteiger partial charge on any atom is 0.219 e. The van der Waals surface area contributed by atoms with Crippen molar-refractivity contribution < 1.29 is 4.79 Å². The van der Waals surface area contributed by atoms with E-state index in [2.05, 4.69) is 34.6 Å². The fourth-order valence-corrected chi connectivity index (χ4v) is 2.18. The summed E-state index contributed by atoms with van der Waals surface area (Å²) < 4.78 is 0. The Morgan fingerprint density at radius 2 is 1.47 bits per heavy atom. The standard InChI is InChI=1S/C13H27NO/c1-7-14(12(6)15)13(8-10(2)3)9-11(4)5/h10-11,13H,7-9H2,1-6H3. The topological polar surface area (TPSA) is 20.3 Å². The number of rotatable bonds is 6. The Morgan fingerprint density at radius 1 is 1.07 bits per heavy atom. The van der Waals surface area contributed by atoms with Crippen molar-refractivity contribution in [1.82, 2.24) is 4.90 Å².